The van der Waals surface area contributed by atoms with Crippen LogP contribution in [0.2, 0.25) is 0 Å². The van der Waals surface area contributed by atoms with Gasteiger partial charge in [-0.3, -0.25) is 0 Å². The van der Waals surface area contributed by atoms with Crippen molar-refractivity contribution in [3.63, 3.8) is 0 Å². The van der Waals surface area contributed by atoms with Gasteiger partial charge in [0.15, 0.2) is 0 Å². The molecule has 0 unspecified atom stereocenters. The third-order valence-corrected chi connectivity index (χ3v) is 4.01. The number of nitrogens with zero attached hydrogens (tertiary/aromatic N) is 1. The van der Waals surface area contributed by atoms with Crippen molar-refractivity contribution in [1.82, 2.24) is 10.3 Å². The van der Waals surface area contributed by atoms with E-state index in [1.807, 2.05) is 24.6 Å². The zero-order chi connectivity index (χ0) is 13.0. The molecule has 0 aliphatic heterocycles. The van der Waals surface area contributed by atoms with Gasteiger partial charge in [-0.2, -0.15) is 0 Å². The van der Waals surface area contributed by atoms with Crippen LogP contribution >= 0.6 is 11.3 Å². The topological polar surface area (TPSA) is 24.9 Å². The van der Waals surface area contributed by atoms with Crippen LogP contribution in [-0.2, 0) is 6.42 Å². The summed E-state index contributed by atoms with van der Waals surface area (Å²) in [5.74, 6) is -0.189. The standard InChI is InChI=1S/C14H17FN2S/c1-10(12-3-5-13(15)6-4-12)16-8-7-14-11(2)17-9-18-14/h3-6,9-10,16H,7-8H2,1-2H3/t10-/m1/s1. The lowest BCUT2D eigenvalue weighted by Crippen LogP contribution is -2.21. The summed E-state index contributed by atoms with van der Waals surface area (Å²) in [6, 6.07) is 6.89. The molecule has 0 aliphatic rings. The first-order chi connectivity index (χ1) is 8.66. The maximum Gasteiger partial charge on any atom is 0.123 e. The summed E-state index contributed by atoms with van der Waals surface area (Å²) in [4.78, 5) is 5.56. The van der Waals surface area contributed by atoms with Crippen molar-refractivity contribution in [1.29, 1.82) is 0 Å². The highest BCUT2D eigenvalue weighted by molar-refractivity contribution is 7.09. The minimum Gasteiger partial charge on any atom is -0.310 e. The molecule has 2 aromatic rings. The van der Waals surface area contributed by atoms with Gasteiger partial charge in [0.1, 0.15) is 5.82 Å². The Labute approximate surface area is 111 Å². The molecule has 0 amide bonds. The van der Waals surface area contributed by atoms with Gasteiger partial charge in [-0.25, -0.2) is 9.37 Å². The Morgan fingerprint density at radius 3 is 2.67 bits per heavy atom. The van der Waals surface area contributed by atoms with E-state index in [4.69, 9.17) is 0 Å². The summed E-state index contributed by atoms with van der Waals surface area (Å²) in [5.41, 5.74) is 4.11. The van der Waals surface area contributed by atoms with Gasteiger partial charge in [0.05, 0.1) is 11.2 Å². The number of aromatic nitrogens is 1. The number of halogens is 1. The van der Waals surface area contributed by atoms with Crippen LogP contribution in [0, 0.1) is 12.7 Å². The minimum absolute atomic E-state index is 0.189. The molecule has 2 nitrogen and oxygen atoms in total. The molecular weight excluding hydrogens is 247 g/mol. The number of hydrogen-bond acceptors (Lipinski definition) is 3. The van der Waals surface area contributed by atoms with E-state index in [1.165, 1.54) is 17.0 Å². The molecule has 0 bridgehead atoms. The van der Waals surface area contributed by atoms with Gasteiger partial charge in [-0.1, -0.05) is 12.1 Å². The highest BCUT2D eigenvalue weighted by atomic mass is 32.1. The summed E-state index contributed by atoms with van der Waals surface area (Å²) in [7, 11) is 0. The van der Waals surface area contributed by atoms with E-state index in [-0.39, 0.29) is 11.9 Å². The van der Waals surface area contributed by atoms with Crippen molar-refractivity contribution in [3.05, 3.63) is 51.7 Å². The van der Waals surface area contributed by atoms with Gasteiger partial charge in [-0.15, -0.1) is 11.3 Å². The van der Waals surface area contributed by atoms with Gasteiger partial charge in [0.25, 0.3) is 0 Å². The first-order valence-electron chi connectivity index (χ1n) is 6.04. The van der Waals surface area contributed by atoms with Gasteiger partial charge in [-0.05, 0) is 38.0 Å². The summed E-state index contributed by atoms with van der Waals surface area (Å²) in [6.45, 7) is 5.03. The third kappa shape index (κ3) is 3.37. The molecule has 4 heteroatoms. The summed E-state index contributed by atoms with van der Waals surface area (Å²) in [5, 5.41) is 3.44. The van der Waals surface area contributed by atoms with Gasteiger partial charge >= 0.3 is 0 Å². The molecule has 1 N–H and O–H groups in total. The van der Waals surface area contributed by atoms with Crippen LogP contribution in [0.15, 0.2) is 29.8 Å². The second-order valence-electron chi connectivity index (χ2n) is 4.34. The fourth-order valence-corrected chi connectivity index (χ4v) is 2.62. The van der Waals surface area contributed by atoms with Crippen LogP contribution in [0.25, 0.3) is 0 Å². The minimum atomic E-state index is -0.189. The summed E-state index contributed by atoms with van der Waals surface area (Å²) < 4.78 is 12.8. The third-order valence-electron chi connectivity index (χ3n) is 3.02. The lowest BCUT2D eigenvalue weighted by molar-refractivity contribution is 0.574. The Hall–Kier alpha value is -1.26. The number of nitrogens with one attached hydrogen (secondary N) is 1. The van der Waals surface area contributed by atoms with Crippen LogP contribution in [0.3, 0.4) is 0 Å². The number of thiazole rings is 1. The van der Waals surface area contributed by atoms with Crippen molar-refractivity contribution >= 4 is 11.3 Å². The van der Waals surface area contributed by atoms with E-state index in [9.17, 15) is 4.39 Å². The van der Waals surface area contributed by atoms with E-state index >= 15 is 0 Å². The van der Waals surface area contributed by atoms with Crippen molar-refractivity contribution in [2.75, 3.05) is 6.54 Å². The van der Waals surface area contributed by atoms with Crippen LogP contribution in [0.5, 0.6) is 0 Å². The summed E-state index contributed by atoms with van der Waals surface area (Å²) >= 11 is 1.70. The molecular formula is C14H17FN2S. The molecule has 1 aromatic carbocycles. The first kappa shape index (κ1) is 13.2. The second kappa shape index (κ2) is 6.07. The fourth-order valence-electron chi connectivity index (χ4n) is 1.84. The Morgan fingerprint density at radius 1 is 1.33 bits per heavy atom. The van der Waals surface area contributed by atoms with E-state index in [0.717, 1.165) is 24.2 Å². The zero-order valence-electron chi connectivity index (χ0n) is 10.6. The second-order valence-corrected chi connectivity index (χ2v) is 5.28. The largest absolute Gasteiger partial charge is 0.310 e. The number of aryl methyl sites for hydroxylation is 1. The molecule has 1 heterocycles. The lowest BCUT2D eigenvalue weighted by Gasteiger charge is -2.13. The number of benzene rings is 1. The SMILES string of the molecule is Cc1ncsc1CCN[C@H](C)c1ccc(F)cc1. The molecule has 0 aliphatic carbocycles. The molecule has 0 saturated heterocycles. The Balaban J connectivity index is 1.83. The monoisotopic (exact) mass is 264 g/mol. The van der Waals surface area contributed by atoms with Crippen LogP contribution in [-0.4, -0.2) is 11.5 Å². The molecule has 1 aromatic heterocycles. The average Bonchev–Trinajstić information content (AvgIpc) is 2.76. The predicted molar refractivity (Wildman–Crippen MR) is 73.4 cm³/mol. The lowest BCUT2D eigenvalue weighted by atomic mass is 10.1. The summed E-state index contributed by atoms with van der Waals surface area (Å²) in [6.07, 6.45) is 0.988. The normalized spacial score (nSPS) is 12.6. The molecule has 0 saturated carbocycles. The quantitative estimate of drug-likeness (QED) is 0.894. The van der Waals surface area contributed by atoms with Crippen molar-refractivity contribution in [2.45, 2.75) is 26.3 Å². The fraction of sp³-hybridized carbons (Fsp3) is 0.357. The van der Waals surface area contributed by atoms with Gasteiger partial charge in [0, 0.05) is 17.5 Å². The maximum absolute atomic E-state index is 12.8. The van der Waals surface area contributed by atoms with Crippen LogP contribution in [0.4, 0.5) is 4.39 Å². The van der Waals surface area contributed by atoms with E-state index in [0.29, 0.717) is 0 Å². The van der Waals surface area contributed by atoms with E-state index < -0.39 is 0 Å². The highest BCUT2D eigenvalue weighted by Crippen LogP contribution is 2.15. The molecule has 1 atom stereocenters. The van der Waals surface area contributed by atoms with Crippen LogP contribution < -0.4 is 5.32 Å². The molecule has 96 valence electrons. The molecule has 18 heavy (non-hydrogen) atoms. The first-order valence-corrected chi connectivity index (χ1v) is 6.92. The van der Waals surface area contributed by atoms with Gasteiger partial charge < -0.3 is 5.32 Å². The zero-order valence-corrected chi connectivity index (χ0v) is 11.4. The molecule has 2 rings (SSSR count). The maximum atomic E-state index is 12.8. The highest BCUT2D eigenvalue weighted by Gasteiger charge is 2.06. The molecule has 0 radical (unpaired) electrons. The van der Waals surface area contributed by atoms with Crippen molar-refractivity contribution in [3.8, 4) is 0 Å². The van der Waals surface area contributed by atoms with Crippen LogP contribution in [0.1, 0.15) is 29.1 Å². The number of rotatable bonds is 5. The predicted octanol–water partition coefficient (Wildman–Crippen LogP) is 3.48. The Kier molecular flexibility index (Phi) is 4.44. The Bertz CT molecular complexity index is 493. The Morgan fingerprint density at radius 2 is 2.06 bits per heavy atom. The number of hydrogen-bond donors (Lipinski definition) is 1. The van der Waals surface area contributed by atoms with Crippen molar-refractivity contribution in [2.24, 2.45) is 0 Å². The van der Waals surface area contributed by atoms with Crippen molar-refractivity contribution < 1.29 is 4.39 Å². The van der Waals surface area contributed by atoms with E-state index in [1.54, 1.807) is 11.3 Å². The van der Waals surface area contributed by atoms with Gasteiger partial charge in [0.2, 0.25) is 0 Å². The molecule has 0 fully saturated rings. The van der Waals surface area contributed by atoms with E-state index in [2.05, 4.69) is 17.2 Å². The average molecular weight is 264 g/mol. The molecule has 0 spiro atoms. The smallest absolute Gasteiger partial charge is 0.123 e.